The van der Waals surface area contributed by atoms with Crippen LogP contribution in [-0.2, 0) is 6.42 Å². The second-order valence-corrected chi connectivity index (χ2v) is 5.25. The van der Waals surface area contributed by atoms with E-state index in [0.29, 0.717) is 0 Å². The first-order valence-corrected chi connectivity index (χ1v) is 6.07. The highest BCUT2D eigenvalue weighted by Gasteiger charge is 2.04. The maximum absolute atomic E-state index is 4.35. The molecule has 0 aliphatic carbocycles. The van der Waals surface area contributed by atoms with Crippen LogP contribution in [0, 0.1) is 5.92 Å². The van der Waals surface area contributed by atoms with Gasteiger partial charge in [-0.2, -0.15) is 0 Å². The van der Waals surface area contributed by atoms with Crippen molar-refractivity contribution in [1.82, 2.24) is 4.98 Å². The summed E-state index contributed by atoms with van der Waals surface area (Å²) >= 11 is 1.85. The van der Waals surface area contributed by atoms with Crippen LogP contribution in [0.25, 0.3) is 10.6 Å². The maximum Gasteiger partial charge on any atom is 0.0801 e. The first-order chi connectivity index (χ1) is 7.25. The zero-order chi connectivity index (χ0) is 10.7. The molecule has 0 saturated carbocycles. The smallest absolute Gasteiger partial charge is 0.0801 e. The van der Waals surface area contributed by atoms with Gasteiger partial charge in [0.15, 0.2) is 0 Å². The second kappa shape index (κ2) is 4.58. The van der Waals surface area contributed by atoms with Crippen LogP contribution >= 0.6 is 11.3 Å². The highest BCUT2D eigenvalue weighted by Crippen LogP contribution is 2.27. The van der Waals surface area contributed by atoms with Crippen molar-refractivity contribution in [3.8, 4) is 10.6 Å². The van der Waals surface area contributed by atoms with Crippen LogP contribution < -0.4 is 0 Å². The number of aromatic nitrogens is 1. The lowest BCUT2D eigenvalue weighted by molar-refractivity contribution is 0.654. The summed E-state index contributed by atoms with van der Waals surface area (Å²) in [5.74, 6) is 0.722. The lowest BCUT2D eigenvalue weighted by Crippen LogP contribution is -1.89. The minimum atomic E-state index is 0.722. The van der Waals surface area contributed by atoms with Gasteiger partial charge in [-0.05, 0) is 36.6 Å². The molecule has 0 saturated heterocycles. The molecule has 0 fully saturated rings. The van der Waals surface area contributed by atoms with E-state index in [1.165, 1.54) is 9.75 Å². The first kappa shape index (κ1) is 10.4. The quantitative estimate of drug-likeness (QED) is 0.757. The Morgan fingerprint density at radius 2 is 2.07 bits per heavy atom. The van der Waals surface area contributed by atoms with Crippen LogP contribution in [-0.4, -0.2) is 4.98 Å². The van der Waals surface area contributed by atoms with E-state index in [2.05, 4.69) is 37.0 Å². The van der Waals surface area contributed by atoms with Gasteiger partial charge in [-0.15, -0.1) is 11.3 Å². The predicted octanol–water partition coefficient (Wildman–Crippen LogP) is 4.01. The molecule has 0 aliphatic heterocycles. The fourth-order valence-corrected chi connectivity index (χ4v) is 2.73. The molecule has 0 radical (unpaired) electrons. The van der Waals surface area contributed by atoms with Crippen LogP contribution in [0.5, 0.6) is 0 Å². The molecular formula is C13H15NS. The van der Waals surface area contributed by atoms with Crippen molar-refractivity contribution in [1.29, 1.82) is 0 Å². The van der Waals surface area contributed by atoms with Gasteiger partial charge in [-0.3, -0.25) is 4.98 Å². The Labute approximate surface area is 94.8 Å². The highest BCUT2D eigenvalue weighted by molar-refractivity contribution is 7.15. The number of nitrogens with zero attached hydrogens (tertiary/aromatic N) is 1. The van der Waals surface area contributed by atoms with E-state index >= 15 is 0 Å². The van der Waals surface area contributed by atoms with E-state index in [4.69, 9.17) is 0 Å². The summed E-state index contributed by atoms with van der Waals surface area (Å²) in [5, 5.41) is 0. The number of thiophene rings is 1. The Bertz CT molecular complexity index is 417. The SMILES string of the molecule is CC(C)Cc1ccc(-c2ccccn2)s1. The molecule has 0 amide bonds. The van der Waals surface area contributed by atoms with E-state index in [1.54, 1.807) is 0 Å². The third-order valence-electron chi connectivity index (χ3n) is 2.19. The summed E-state index contributed by atoms with van der Waals surface area (Å²) in [6.07, 6.45) is 3.01. The van der Waals surface area contributed by atoms with Crippen molar-refractivity contribution < 1.29 is 0 Å². The normalized spacial score (nSPS) is 10.9. The highest BCUT2D eigenvalue weighted by atomic mass is 32.1. The Kier molecular flexibility index (Phi) is 3.17. The van der Waals surface area contributed by atoms with Crippen LogP contribution in [0.3, 0.4) is 0 Å². The molecule has 0 N–H and O–H groups in total. The molecule has 0 aromatic carbocycles. The molecule has 2 aromatic heterocycles. The Hall–Kier alpha value is -1.15. The van der Waals surface area contributed by atoms with Gasteiger partial charge in [0.1, 0.15) is 0 Å². The summed E-state index contributed by atoms with van der Waals surface area (Å²) in [6.45, 7) is 4.50. The van der Waals surface area contributed by atoms with Crippen molar-refractivity contribution in [3.63, 3.8) is 0 Å². The van der Waals surface area contributed by atoms with E-state index in [0.717, 1.165) is 18.0 Å². The van der Waals surface area contributed by atoms with Gasteiger partial charge in [-0.25, -0.2) is 0 Å². The van der Waals surface area contributed by atoms with Crippen LogP contribution in [0.2, 0.25) is 0 Å². The number of hydrogen-bond donors (Lipinski definition) is 0. The molecule has 0 bridgehead atoms. The number of pyridine rings is 1. The van der Waals surface area contributed by atoms with Crippen molar-refractivity contribution in [2.75, 3.05) is 0 Å². The number of rotatable bonds is 3. The van der Waals surface area contributed by atoms with Crippen molar-refractivity contribution in [2.24, 2.45) is 5.92 Å². The van der Waals surface area contributed by atoms with Crippen molar-refractivity contribution >= 4 is 11.3 Å². The predicted molar refractivity (Wildman–Crippen MR) is 66.1 cm³/mol. The largest absolute Gasteiger partial charge is 0.255 e. The standard InChI is InChI=1S/C13H15NS/c1-10(2)9-11-6-7-13(15-11)12-5-3-4-8-14-12/h3-8,10H,9H2,1-2H3. The van der Waals surface area contributed by atoms with E-state index in [-0.39, 0.29) is 0 Å². The van der Waals surface area contributed by atoms with Crippen molar-refractivity contribution in [2.45, 2.75) is 20.3 Å². The van der Waals surface area contributed by atoms with Crippen LogP contribution in [0.4, 0.5) is 0 Å². The fraction of sp³-hybridized carbons (Fsp3) is 0.308. The summed E-state index contributed by atoms with van der Waals surface area (Å²) in [6, 6.07) is 10.4. The topological polar surface area (TPSA) is 12.9 Å². The molecule has 2 rings (SSSR count). The summed E-state index contributed by atoms with van der Waals surface area (Å²) in [5.41, 5.74) is 1.08. The minimum absolute atomic E-state index is 0.722. The summed E-state index contributed by atoms with van der Waals surface area (Å²) < 4.78 is 0. The van der Waals surface area contributed by atoms with Crippen molar-refractivity contribution in [3.05, 3.63) is 41.4 Å². The van der Waals surface area contributed by atoms with Gasteiger partial charge >= 0.3 is 0 Å². The Morgan fingerprint density at radius 3 is 2.73 bits per heavy atom. The molecule has 2 heterocycles. The third-order valence-corrected chi connectivity index (χ3v) is 3.32. The molecule has 15 heavy (non-hydrogen) atoms. The zero-order valence-corrected chi connectivity index (χ0v) is 9.92. The molecule has 0 atom stereocenters. The lowest BCUT2D eigenvalue weighted by Gasteiger charge is -1.99. The summed E-state index contributed by atoms with van der Waals surface area (Å²) in [7, 11) is 0. The monoisotopic (exact) mass is 217 g/mol. The molecular weight excluding hydrogens is 202 g/mol. The summed E-state index contributed by atoms with van der Waals surface area (Å²) in [4.78, 5) is 7.07. The lowest BCUT2D eigenvalue weighted by atomic mass is 10.1. The molecule has 0 aliphatic rings. The fourth-order valence-electron chi connectivity index (χ4n) is 1.54. The van der Waals surface area contributed by atoms with E-state index in [9.17, 15) is 0 Å². The average Bonchev–Trinajstić information content (AvgIpc) is 2.67. The van der Waals surface area contributed by atoms with Gasteiger partial charge in [-0.1, -0.05) is 19.9 Å². The number of hydrogen-bond acceptors (Lipinski definition) is 2. The third kappa shape index (κ3) is 2.66. The molecule has 2 heteroatoms. The molecule has 78 valence electrons. The van der Waals surface area contributed by atoms with Crippen LogP contribution in [0.15, 0.2) is 36.5 Å². The van der Waals surface area contributed by atoms with Crippen LogP contribution in [0.1, 0.15) is 18.7 Å². The second-order valence-electron chi connectivity index (χ2n) is 4.08. The average molecular weight is 217 g/mol. The molecule has 2 aromatic rings. The Morgan fingerprint density at radius 1 is 1.20 bits per heavy atom. The van der Waals surface area contributed by atoms with Gasteiger partial charge in [0, 0.05) is 11.1 Å². The molecule has 0 unspecified atom stereocenters. The van der Waals surface area contributed by atoms with Gasteiger partial charge in [0.25, 0.3) is 0 Å². The Balaban J connectivity index is 2.21. The molecule has 0 spiro atoms. The van der Waals surface area contributed by atoms with E-state index < -0.39 is 0 Å². The van der Waals surface area contributed by atoms with Gasteiger partial charge in [0.2, 0.25) is 0 Å². The zero-order valence-electron chi connectivity index (χ0n) is 9.10. The molecule has 1 nitrogen and oxygen atoms in total. The van der Waals surface area contributed by atoms with Gasteiger partial charge in [0.05, 0.1) is 10.6 Å². The van der Waals surface area contributed by atoms with E-state index in [1.807, 2.05) is 29.7 Å². The van der Waals surface area contributed by atoms with Gasteiger partial charge < -0.3 is 0 Å². The first-order valence-electron chi connectivity index (χ1n) is 5.26. The minimum Gasteiger partial charge on any atom is -0.255 e. The maximum atomic E-state index is 4.35.